The molecule has 1 atom stereocenters. The second kappa shape index (κ2) is 6.10. The molecule has 18 heavy (non-hydrogen) atoms. The van der Waals surface area contributed by atoms with E-state index in [0.717, 1.165) is 25.0 Å². The van der Waals surface area contributed by atoms with Crippen molar-refractivity contribution < 1.29 is 4.42 Å². The summed E-state index contributed by atoms with van der Waals surface area (Å²) < 4.78 is 5.31. The molecular weight excluding hydrogens is 244 g/mol. The summed E-state index contributed by atoms with van der Waals surface area (Å²) >= 11 is 6.38. The van der Waals surface area contributed by atoms with Gasteiger partial charge < -0.3 is 4.42 Å². The van der Waals surface area contributed by atoms with Gasteiger partial charge in [-0.25, -0.2) is 0 Å². The van der Waals surface area contributed by atoms with E-state index in [9.17, 15) is 0 Å². The van der Waals surface area contributed by atoms with E-state index in [1.807, 2.05) is 12.1 Å². The van der Waals surface area contributed by atoms with Gasteiger partial charge in [0.15, 0.2) is 0 Å². The third-order valence-corrected chi connectivity index (χ3v) is 3.69. The van der Waals surface area contributed by atoms with Crippen LogP contribution >= 0.6 is 11.6 Å². The Morgan fingerprint density at radius 1 is 1.17 bits per heavy atom. The van der Waals surface area contributed by atoms with Crippen molar-refractivity contribution in [2.45, 2.75) is 38.5 Å². The Kier molecular flexibility index (Phi) is 4.48. The van der Waals surface area contributed by atoms with Crippen molar-refractivity contribution in [1.29, 1.82) is 0 Å². The van der Waals surface area contributed by atoms with E-state index in [0.29, 0.717) is 0 Å². The number of alkyl halides is 1. The zero-order valence-electron chi connectivity index (χ0n) is 10.9. The third kappa shape index (κ3) is 3.64. The molecule has 0 fully saturated rings. The zero-order valence-corrected chi connectivity index (χ0v) is 11.7. The van der Waals surface area contributed by atoms with Crippen LogP contribution in [0.15, 0.2) is 41.0 Å². The van der Waals surface area contributed by atoms with Gasteiger partial charge in [0.05, 0.1) is 6.26 Å². The number of rotatable bonds is 5. The normalized spacial score (nSPS) is 12.6. The van der Waals surface area contributed by atoms with Crippen molar-refractivity contribution in [3.05, 3.63) is 59.0 Å². The molecule has 96 valence electrons. The van der Waals surface area contributed by atoms with E-state index in [1.54, 1.807) is 6.26 Å². The number of aryl methyl sites for hydroxylation is 3. The van der Waals surface area contributed by atoms with E-state index < -0.39 is 0 Å². The maximum Gasteiger partial charge on any atom is 0.103 e. The predicted molar refractivity (Wildman–Crippen MR) is 76.3 cm³/mol. The van der Waals surface area contributed by atoms with Gasteiger partial charge in [0.25, 0.3) is 0 Å². The molecular formula is C16H19ClO. The molecule has 0 aliphatic rings. The molecule has 0 saturated carbocycles. The molecule has 0 amide bonds. The Morgan fingerprint density at radius 3 is 2.67 bits per heavy atom. The highest BCUT2D eigenvalue weighted by Crippen LogP contribution is 2.17. The molecule has 1 aromatic heterocycles. The highest BCUT2D eigenvalue weighted by Gasteiger charge is 2.08. The first-order valence-corrected chi connectivity index (χ1v) is 6.81. The molecule has 0 bridgehead atoms. The highest BCUT2D eigenvalue weighted by atomic mass is 35.5. The van der Waals surface area contributed by atoms with E-state index in [4.69, 9.17) is 16.0 Å². The Hall–Kier alpha value is -1.21. The molecule has 0 spiro atoms. The number of benzene rings is 1. The summed E-state index contributed by atoms with van der Waals surface area (Å²) in [5.41, 5.74) is 3.99. The predicted octanol–water partition coefficient (Wildman–Crippen LogP) is 4.68. The first-order chi connectivity index (χ1) is 8.65. The third-order valence-electron chi connectivity index (χ3n) is 3.31. The second-order valence-electron chi connectivity index (χ2n) is 4.84. The van der Waals surface area contributed by atoms with E-state index in [2.05, 4.69) is 32.0 Å². The van der Waals surface area contributed by atoms with Gasteiger partial charge in [0.2, 0.25) is 0 Å². The van der Waals surface area contributed by atoms with Gasteiger partial charge in [-0.05, 0) is 55.5 Å². The fourth-order valence-electron chi connectivity index (χ4n) is 2.04. The molecule has 2 heteroatoms. The first-order valence-electron chi connectivity index (χ1n) is 6.38. The summed E-state index contributed by atoms with van der Waals surface area (Å²) in [5, 5.41) is 0.164. The summed E-state index contributed by atoms with van der Waals surface area (Å²) in [7, 11) is 0. The smallest absolute Gasteiger partial charge is 0.103 e. The van der Waals surface area contributed by atoms with Gasteiger partial charge in [0, 0.05) is 11.8 Å². The Labute approximate surface area is 114 Å². The minimum atomic E-state index is 0.164. The highest BCUT2D eigenvalue weighted by molar-refractivity contribution is 6.20. The molecule has 0 aliphatic heterocycles. The lowest BCUT2D eigenvalue weighted by Gasteiger charge is -2.10. The monoisotopic (exact) mass is 262 g/mol. The van der Waals surface area contributed by atoms with E-state index >= 15 is 0 Å². The van der Waals surface area contributed by atoms with E-state index in [-0.39, 0.29) is 5.38 Å². The summed E-state index contributed by atoms with van der Waals surface area (Å²) in [6.45, 7) is 4.28. The lowest BCUT2D eigenvalue weighted by atomic mass is 10.0. The fraction of sp³-hybridized carbons (Fsp3) is 0.375. The Morgan fingerprint density at radius 2 is 2.00 bits per heavy atom. The Bertz CT molecular complexity index is 488. The first kappa shape index (κ1) is 13.2. The van der Waals surface area contributed by atoms with Gasteiger partial charge in [-0.2, -0.15) is 0 Å². The number of hydrogen-bond donors (Lipinski definition) is 0. The summed E-state index contributed by atoms with van der Waals surface area (Å²) in [5.74, 6) is 1.01. The van der Waals surface area contributed by atoms with E-state index in [1.165, 1.54) is 16.7 Å². The van der Waals surface area contributed by atoms with Crippen LogP contribution in [0.2, 0.25) is 0 Å². The van der Waals surface area contributed by atoms with Crippen LogP contribution < -0.4 is 0 Å². The minimum Gasteiger partial charge on any atom is -0.469 e. The minimum absolute atomic E-state index is 0.164. The van der Waals surface area contributed by atoms with Crippen LogP contribution in [0, 0.1) is 13.8 Å². The van der Waals surface area contributed by atoms with Gasteiger partial charge in [-0.15, -0.1) is 11.6 Å². The molecule has 0 saturated heterocycles. The maximum absolute atomic E-state index is 6.38. The standard InChI is InChI=1S/C16H19ClO/c1-12-5-6-14(10-13(12)2)11-15(17)7-8-16-4-3-9-18-16/h3-6,9-10,15H,7-8,11H2,1-2H3. The largest absolute Gasteiger partial charge is 0.469 e. The average molecular weight is 263 g/mol. The zero-order chi connectivity index (χ0) is 13.0. The molecule has 1 unspecified atom stereocenters. The van der Waals surface area contributed by atoms with Gasteiger partial charge in [-0.1, -0.05) is 18.2 Å². The van der Waals surface area contributed by atoms with Crippen LogP contribution in [0.4, 0.5) is 0 Å². The maximum atomic E-state index is 6.38. The lowest BCUT2D eigenvalue weighted by molar-refractivity contribution is 0.499. The van der Waals surface area contributed by atoms with Gasteiger partial charge in [-0.3, -0.25) is 0 Å². The van der Waals surface area contributed by atoms with Crippen molar-refractivity contribution in [3.8, 4) is 0 Å². The molecule has 0 N–H and O–H groups in total. The summed E-state index contributed by atoms with van der Waals surface area (Å²) in [6.07, 6.45) is 4.49. The van der Waals surface area contributed by atoms with Crippen LogP contribution in [-0.2, 0) is 12.8 Å². The second-order valence-corrected chi connectivity index (χ2v) is 5.46. The van der Waals surface area contributed by atoms with Crippen LogP contribution in [0.3, 0.4) is 0 Å². The fourth-order valence-corrected chi connectivity index (χ4v) is 2.33. The van der Waals surface area contributed by atoms with Crippen LogP contribution in [0.1, 0.15) is 28.9 Å². The number of furan rings is 1. The van der Waals surface area contributed by atoms with Crippen molar-refractivity contribution in [1.82, 2.24) is 0 Å². The quantitative estimate of drug-likeness (QED) is 0.713. The molecule has 1 nitrogen and oxygen atoms in total. The van der Waals surface area contributed by atoms with Gasteiger partial charge in [0.1, 0.15) is 5.76 Å². The summed E-state index contributed by atoms with van der Waals surface area (Å²) in [4.78, 5) is 0. The average Bonchev–Trinajstić information content (AvgIpc) is 2.84. The van der Waals surface area contributed by atoms with Crippen LogP contribution in [-0.4, -0.2) is 5.38 Å². The van der Waals surface area contributed by atoms with Crippen molar-refractivity contribution in [2.24, 2.45) is 0 Å². The van der Waals surface area contributed by atoms with Crippen LogP contribution in [0.25, 0.3) is 0 Å². The molecule has 1 aromatic carbocycles. The molecule has 2 aromatic rings. The van der Waals surface area contributed by atoms with Crippen molar-refractivity contribution >= 4 is 11.6 Å². The lowest BCUT2D eigenvalue weighted by Crippen LogP contribution is -2.05. The number of hydrogen-bond acceptors (Lipinski definition) is 1. The topological polar surface area (TPSA) is 13.1 Å². The Balaban J connectivity index is 1.86. The number of halogens is 1. The molecule has 2 rings (SSSR count). The van der Waals surface area contributed by atoms with Crippen molar-refractivity contribution in [3.63, 3.8) is 0 Å². The summed E-state index contributed by atoms with van der Waals surface area (Å²) in [6, 6.07) is 10.5. The van der Waals surface area contributed by atoms with Crippen molar-refractivity contribution in [2.75, 3.05) is 0 Å². The van der Waals surface area contributed by atoms with Crippen LogP contribution in [0.5, 0.6) is 0 Å². The molecule has 0 aliphatic carbocycles. The molecule has 0 radical (unpaired) electrons. The SMILES string of the molecule is Cc1ccc(CC(Cl)CCc2ccco2)cc1C. The molecule has 1 heterocycles. The van der Waals surface area contributed by atoms with Gasteiger partial charge >= 0.3 is 0 Å².